The monoisotopic (exact) mass is 448 g/mol. The number of nitrogens with zero attached hydrogens (tertiary/aromatic N) is 2. The summed E-state index contributed by atoms with van der Waals surface area (Å²) in [6.07, 6.45) is 1.36. The summed E-state index contributed by atoms with van der Waals surface area (Å²) in [5, 5.41) is 3.12. The normalized spacial score (nSPS) is 11.3. The summed E-state index contributed by atoms with van der Waals surface area (Å²) in [5.74, 6) is 2.14. The fourth-order valence-corrected chi connectivity index (χ4v) is 2.51. The van der Waals surface area contributed by atoms with E-state index < -0.39 is 0 Å². The standard InChI is InChI=1S/C11H14N2O2.C8H11NO.C3H4ClNO/c1-14-10-5-3-2-4-9(10)8-13-11-12-6-7-15-11;1-10-8-5-3-2-4-7(8)6-9;4-1-2-5-3-6/h2-5H,6-8H2,1H3,(H,12,13);2-5H,6,9H2,1H3;1-2H2. The SMILES string of the molecule is COc1ccccc1CN.COc1ccccc1CNC1=NCCO1.O=C=NCCCl. The molecular formula is C22H29ClN4O4. The number of amidine groups is 1. The minimum Gasteiger partial charge on any atom is -0.496 e. The molecule has 0 unspecified atom stereocenters. The average molecular weight is 449 g/mol. The summed E-state index contributed by atoms with van der Waals surface area (Å²) in [6.45, 7) is 3.00. The number of ether oxygens (including phenoxy) is 3. The van der Waals surface area contributed by atoms with Gasteiger partial charge in [-0.2, -0.15) is 0 Å². The number of hydrogen-bond acceptors (Lipinski definition) is 8. The Hall–Kier alpha value is -3.06. The van der Waals surface area contributed by atoms with Gasteiger partial charge in [0.25, 0.3) is 6.02 Å². The summed E-state index contributed by atoms with van der Waals surface area (Å²) < 4.78 is 15.5. The number of benzene rings is 2. The van der Waals surface area contributed by atoms with Crippen molar-refractivity contribution < 1.29 is 19.0 Å². The van der Waals surface area contributed by atoms with E-state index in [9.17, 15) is 4.79 Å². The Morgan fingerprint density at radius 1 is 1.13 bits per heavy atom. The van der Waals surface area contributed by atoms with Gasteiger partial charge in [-0.25, -0.2) is 14.8 Å². The molecule has 2 aromatic carbocycles. The third kappa shape index (κ3) is 10.5. The van der Waals surface area contributed by atoms with Crippen molar-refractivity contribution in [2.24, 2.45) is 15.7 Å². The lowest BCUT2D eigenvalue weighted by molar-refractivity contribution is 0.330. The molecular weight excluding hydrogens is 420 g/mol. The second-order valence-electron chi connectivity index (χ2n) is 5.88. The lowest BCUT2D eigenvalue weighted by atomic mass is 10.2. The van der Waals surface area contributed by atoms with Crippen LogP contribution in [0.1, 0.15) is 11.1 Å². The van der Waals surface area contributed by atoms with E-state index in [1.54, 1.807) is 14.2 Å². The van der Waals surface area contributed by atoms with Gasteiger partial charge in [0.1, 0.15) is 18.1 Å². The molecule has 0 amide bonds. The van der Waals surface area contributed by atoms with Gasteiger partial charge in [-0.15, -0.1) is 11.6 Å². The van der Waals surface area contributed by atoms with Crippen LogP contribution in [0.2, 0.25) is 0 Å². The number of nitrogens with two attached hydrogens (primary N) is 1. The predicted octanol–water partition coefficient (Wildman–Crippen LogP) is 2.89. The zero-order chi connectivity index (χ0) is 22.7. The van der Waals surface area contributed by atoms with Crippen LogP contribution in [0, 0.1) is 0 Å². The number of hydrogen-bond donors (Lipinski definition) is 2. The van der Waals surface area contributed by atoms with Crippen molar-refractivity contribution >= 4 is 23.7 Å². The largest absolute Gasteiger partial charge is 0.496 e. The van der Waals surface area contributed by atoms with Crippen LogP contribution in [0.3, 0.4) is 0 Å². The quantitative estimate of drug-likeness (QED) is 0.383. The van der Waals surface area contributed by atoms with Crippen LogP contribution in [0.25, 0.3) is 0 Å². The van der Waals surface area contributed by atoms with Crippen molar-refractivity contribution in [2.75, 3.05) is 39.8 Å². The number of alkyl halides is 1. The summed E-state index contributed by atoms with van der Waals surface area (Å²) in [5.41, 5.74) is 7.59. The highest BCUT2D eigenvalue weighted by Crippen LogP contribution is 2.17. The van der Waals surface area contributed by atoms with Crippen LogP contribution in [-0.4, -0.2) is 51.9 Å². The van der Waals surface area contributed by atoms with Gasteiger partial charge in [0, 0.05) is 30.1 Å². The average Bonchev–Trinajstić information content (AvgIpc) is 3.36. The number of para-hydroxylation sites is 2. The smallest absolute Gasteiger partial charge is 0.285 e. The Kier molecular flexibility index (Phi) is 14.0. The van der Waals surface area contributed by atoms with Crippen molar-refractivity contribution in [1.82, 2.24) is 5.32 Å². The highest BCUT2D eigenvalue weighted by molar-refractivity contribution is 6.18. The van der Waals surface area contributed by atoms with E-state index in [0.717, 1.165) is 29.2 Å². The van der Waals surface area contributed by atoms with Gasteiger partial charge in [-0.3, -0.25) is 0 Å². The molecule has 3 N–H and O–H groups in total. The van der Waals surface area contributed by atoms with E-state index in [1.807, 2.05) is 48.5 Å². The minimum atomic E-state index is 0.380. The van der Waals surface area contributed by atoms with Crippen molar-refractivity contribution in [1.29, 1.82) is 0 Å². The summed E-state index contributed by atoms with van der Waals surface area (Å²) in [6, 6.07) is 16.3. The minimum absolute atomic E-state index is 0.380. The molecule has 0 aliphatic carbocycles. The second-order valence-corrected chi connectivity index (χ2v) is 6.26. The van der Waals surface area contributed by atoms with E-state index in [2.05, 4.69) is 15.3 Å². The van der Waals surface area contributed by atoms with Crippen LogP contribution in [0.5, 0.6) is 11.5 Å². The molecule has 9 heteroatoms. The second kappa shape index (κ2) is 16.7. The van der Waals surface area contributed by atoms with E-state index in [1.165, 1.54) is 6.08 Å². The van der Waals surface area contributed by atoms with E-state index in [4.69, 9.17) is 31.5 Å². The lowest BCUT2D eigenvalue weighted by Crippen LogP contribution is -2.23. The molecule has 31 heavy (non-hydrogen) atoms. The molecule has 0 spiro atoms. The first-order chi connectivity index (χ1) is 15.2. The van der Waals surface area contributed by atoms with Crippen molar-refractivity contribution in [2.45, 2.75) is 13.1 Å². The van der Waals surface area contributed by atoms with Gasteiger partial charge < -0.3 is 25.3 Å². The molecule has 0 radical (unpaired) electrons. The van der Waals surface area contributed by atoms with Crippen molar-refractivity contribution in [3.63, 3.8) is 0 Å². The molecule has 0 bridgehead atoms. The number of rotatable bonds is 7. The van der Waals surface area contributed by atoms with Gasteiger partial charge in [-0.1, -0.05) is 36.4 Å². The fourth-order valence-electron chi connectivity index (χ4n) is 2.42. The van der Waals surface area contributed by atoms with Gasteiger partial charge >= 0.3 is 0 Å². The van der Waals surface area contributed by atoms with Crippen LogP contribution in [-0.2, 0) is 22.6 Å². The first-order valence-electron chi connectivity index (χ1n) is 9.64. The highest BCUT2D eigenvalue weighted by Gasteiger charge is 2.07. The molecule has 0 aromatic heterocycles. The van der Waals surface area contributed by atoms with Crippen molar-refractivity contribution in [3.8, 4) is 11.5 Å². The summed E-state index contributed by atoms with van der Waals surface area (Å²) in [7, 11) is 3.32. The molecule has 0 atom stereocenters. The maximum Gasteiger partial charge on any atom is 0.285 e. The van der Waals surface area contributed by atoms with E-state index in [-0.39, 0.29) is 0 Å². The number of isocyanates is 1. The maximum absolute atomic E-state index is 9.21. The van der Waals surface area contributed by atoms with E-state index >= 15 is 0 Å². The Bertz CT molecular complexity index is 819. The maximum atomic E-state index is 9.21. The Morgan fingerprint density at radius 3 is 2.19 bits per heavy atom. The molecule has 2 aromatic rings. The summed E-state index contributed by atoms with van der Waals surface area (Å²) in [4.78, 5) is 16.5. The van der Waals surface area contributed by atoms with Crippen LogP contribution >= 0.6 is 11.6 Å². The molecule has 1 heterocycles. The third-order valence-corrected chi connectivity index (χ3v) is 4.05. The Balaban J connectivity index is 0.000000260. The number of halogens is 1. The Morgan fingerprint density at radius 2 is 1.74 bits per heavy atom. The first kappa shape index (κ1) is 26.0. The van der Waals surface area contributed by atoms with Crippen LogP contribution < -0.4 is 20.5 Å². The van der Waals surface area contributed by atoms with Gasteiger partial charge in [-0.05, 0) is 12.1 Å². The van der Waals surface area contributed by atoms with Gasteiger partial charge in [0.05, 0.1) is 27.3 Å². The zero-order valence-electron chi connectivity index (χ0n) is 17.8. The van der Waals surface area contributed by atoms with Gasteiger partial charge in [0.15, 0.2) is 0 Å². The van der Waals surface area contributed by atoms with Crippen LogP contribution in [0.15, 0.2) is 58.5 Å². The predicted molar refractivity (Wildman–Crippen MR) is 123 cm³/mol. The van der Waals surface area contributed by atoms with Gasteiger partial charge in [0.2, 0.25) is 6.08 Å². The highest BCUT2D eigenvalue weighted by atomic mass is 35.5. The molecule has 1 aliphatic heterocycles. The first-order valence-corrected chi connectivity index (χ1v) is 10.2. The lowest BCUT2D eigenvalue weighted by Gasteiger charge is -2.09. The number of methoxy groups -OCH3 is 2. The number of aliphatic imine (C=N–C) groups is 2. The molecule has 3 rings (SSSR count). The van der Waals surface area contributed by atoms with Crippen LogP contribution in [0.4, 0.5) is 0 Å². The molecule has 1 aliphatic rings. The third-order valence-electron chi connectivity index (χ3n) is 3.88. The Labute approximate surface area is 188 Å². The van der Waals surface area contributed by atoms with Crippen molar-refractivity contribution in [3.05, 3.63) is 59.7 Å². The number of nitrogens with one attached hydrogen (secondary N) is 1. The molecule has 0 saturated carbocycles. The topological polar surface area (TPSA) is 108 Å². The molecule has 8 nitrogen and oxygen atoms in total. The zero-order valence-corrected chi connectivity index (χ0v) is 18.6. The van der Waals surface area contributed by atoms with E-state index in [0.29, 0.717) is 38.1 Å². The molecule has 168 valence electrons. The summed E-state index contributed by atoms with van der Waals surface area (Å²) >= 11 is 5.11. The molecule has 0 fully saturated rings. The fraction of sp³-hybridized carbons (Fsp3) is 0.364. The molecule has 0 saturated heterocycles. The number of carbonyl (C=O) groups excluding carboxylic acids is 1.